The Balaban J connectivity index is 1.96. The third kappa shape index (κ3) is 3.28. The SMILES string of the molecule is CCn1cc(C(N)CSc2ccccc2Cl)cn1. The van der Waals surface area contributed by atoms with Gasteiger partial charge in [0.25, 0.3) is 0 Å². The van der Waals surface area contributed by atoms with E-state index in [1.165, 1.54) is 0 Å². The lowest BCUT2D eigenvalue weighted by molar-refractivity contribution is 0.658. The minimum atomic E-state index is -0.0217. The largest absolute Gasteiger partial charge is 0.323 e. The molecule has 2 rings (SSSR count). The highest BCUT2D eigenvalue weighted by Gasteiger charge is 2.10. The van der Waals surface area contributed by atoms with Gasteiger partial charge >= 0.3 is 0 Å². The van der Waals surface area contributed by atoms with Crippen molar-refractivity contribution >= 4 is 23.4 Å². The van der Waals surface area contributed by atoms with Crippen LogP contribution in [-0.2, 0) is 6.54 Å². The Morgan fingerprint density at radius 2 is 2.22 bits per heavy atom. The quantitative estimate of drug-likeness (QED) is 0.855. The molecule has 18 heavy (non-hydrogen) atoms. The predicted molar refractivity (Wildman–Crippen MR) is 77.0 cm³/mol. The number of thioether (sulfide) groups is 1. The molecule has 1 aromatic carbocycles. The van der Waals surface area contributed by atoms with Gasteiger partial charge in [-0.1, -0.05) is 23.7 Å². The van der Waals surface area contributed by atoms with Gasteiger partial charge in [-0.05, 0) is 19.1 Å². The molecule has 3 nitrogen and oxygen atoms in total. The smallest absolute Gasteiger partial charge is 0.0541 e. The highest BCUT2D eigenvalue weighted by molar-refractivity contribution is 7.99. The average molecular weight is 282 g/mol. The fraction of sp³-hybridized carbons (Fsp3) is 0.308. The number of hydrogen-bond donors (Lipinski definition) is 1. The zero-order valence-electron chi connectivity index (χ0n) is 10.2. The number of rotatable bonds is 5. The Kier molecular flexibility index (Phi) is 4.69. The molecule has 0 spiro atoms. The summed E-state index contributed by atoms with van der Waals surface area (Å²) in [6.45, 7) is 2.92. The van der Waals surface area contributed by atoms with Gasteiger partial charge in [0.05, 0.1) is 11.2 Å². The molecule has 1 heterocycles. The second-order valence-corrected chi connectivity index (χ2v) is 5.45. The summed E-state index contributed by atoms with van der Waals surface area (Å²) in [5.41, 5.74) is 7.21. The molecule has 0 bridgehead atoms. The second-order valence-electron chi connectivity index (χ2n) is 3.98. The molecule has 0 aliphatic heterocycles. The first-order valence-electron chi connectivity index (χ1n) is 5.86. The standard InChI is InChI=1S/C13H16ClN3S/c1-2-17-8-10(7-16-17)12(15)9-18-13-6-4-3-5-11(13)14/h3-8,12H,2,9,15H2,1H3. The Labute approximate surface area is 116 Å². The third-order valence-corrected chi connectivity index (χ3v) is 4.29. The summed E-state index contributed by atoms with van der Waals surface area (Å²) in [4.78, 5) is 1.07. The maximum absolute atomic E-state index is 6.14. The molecule has 0 saturated heterocycles. The van der Waals surface area contributed by atoms with Crippen molar-refractivity contribution in [1.29, 1.82) is 0 Å². The number of aryl methyl sites for hydroxylation is 1. The monoisotopic (exact) mass is 281 g/mol. The summed E-state index contributed by atoms with van der Waals surface area (Å²) >= 11 is 7.78. The predicted octanol–water partition coefficient (Wildman–Crippen LogP) is 3.35. The Morgan fingerprint density at radius 1 is 1.44 bits per heavy atom. The van der Waals surface area contributed by atoms with Gasteiger partial charge in [-0.2, -0.15) is 5.10 Å². The normalized spacial score (nSPS) is 12.6. The molecule has 0 fully saturated rings. The summed E-state index contributed by atoms with van der Waals surface area (Å²) < 4.78 is 1.88. The molecule has 1 atom stereocenters. The number of nitrogens with zero attached hydrogens (tertiary/aromatic N) is 2. The molecular weight excluding hydrogens is 266 g/mol. The number of aromatic nitrogens is 2. The molecule has 1 aromatic heterocycles. The van der Waals surface area contributed by atoms with Crippen LogP contribution in [0.4, 0.5) is 0 Å². The third-order valence-electron chi connectivity index (χ3n) is 2.66. The summed E-state index contributed by atoms with van der Waals surface area (Å²) in [5, 5.41) is 5.01. The van der Waals surface area contributed by atoms with Crippen LogP contribution in [0.15, 0.2) is 41.6 Å². The van der Waals surface area contributed by atoms with E-state index in [1.54, 1.807) is 11.8 Å². The zero-order valence-corrected chi connectivity index (χ0v) is 11.8. The van der Waals surface area contributed by atoms with Crippen LogP contribution >= 0.6 is 23.4 Å². The van der Waals surface area contributed by atoms with Gasteiger partial charge in [0.1, 0.15) is 0 Å². The summed E-state index contributed by atoms with van der Waals surface area (Å²) in [7, 11) is 0. The van der Waals surface area contributed by atoms with Crippen LogP contribution in [0.3, 0.4) is 0 Å². The molecular formula is C13H16ClN3S. The summed E-state index contributed by atoms with van der Waals surface area (Å²) in [6.07, 6.45) is 3.83. The Bertz CT molecular complexity index is 512. The summed E-state index contributed by atoms with van der Waals surface area (Å²) in [6, 6.07) is 7.79. The number of hydrogen-bond acceptors (Lipinski definition) is 3. The Hall–Kier alpha value is -0.970. The van der Waals surface area contributed by atoms with Crippen molar-refractivity contribution in [3.63, 3.8) is 0 Å². The van der Waals surface area contributed by atoms with Crippen molar-refractivity contribution in [3.8, 4) is 0 Å². The molecule has 96 valence electrons. The van der Waals surface area contributed by atoms with Crippen LogP contribution in [0.2, 0.25) is 5.02 Å². The van der Waals surface area contributed by atoms with E-state index < -0.39 is 0 Å². The van der Waals surface area contributed by atoms with Crippen molar-refractivity contribution in [1.82, 2.24) is 9.78 Å². The van der Waals surface area contributed by atoms with Crippen LogP contribution in [0, 0.1) is 0 Å². The van der Waals surface area contributed by atoms with Crippen LogP contribution in [0.25, 0.3) is 0 Å². The molecule has 2 aromatic rings. The number of nitrogens with two attached hydrogens (primary N) is 1. The minimum Gasteiger partial charge on any atom is -0.323 e. The van der Waals surface area contributed by atoms with Crippen LogP contribution in [-0.4, -0.2) is 15.5 Å². The first-order chi connectivity index (χ1) is 8.70. The van der Waals surface area contributed by atoms with Crippen molar-refractivity contribution in [2.24, 2.45) is 5.73 Å². The highest BCUT2D eigenvalue weighted by Crippen LogP contribution is 2.29. The molecule has 0 aliphatic carbocycles. The molecule has 5 heteroatoms. The molecule has 1 unspecified atom stereocenters. The van der Waals surface area contributed by atoms with Crippen molar-refractivity contribution in [3.05, 3.63) is 47.2 Å². The van der Waals surface area contributed by atoms with Gasteiger partial charge in [-0.15, -0.1) is 11.8 Å². The fourth-order valence-electron chi connectivity index (χ4n) is 1.58. The van der Waals surface area contributed by atoms with Gasteiger partial charge in [-0.25, -0.2) is 0 Å². The lowest BCUT2D eigenvalue weighted by Gasteiger charge is -2.09. The van der Waals surface area contributed by atoms with E-state index in [0.29, 0.717) is 0 Å². The first-order valence-corrected chi connectivity index (χ1v) is 7.22. The van der Waals surface area contributed by atoms with Gasteiger partial charge in [0, 0.05) is 35.0 Å². The lowest BCUT2D eigenvalue weighted by Crippen LogP contribution is -2.12. The van der Waals surface area contributed by atoms with Crippen LogP contribution in [0.1, 0.15) is 18.5 Å². The Morgan fingerprint density at radius 3 is 2.89 bits per heavy atom. The minimum absolute atomic E-state index is 0.0217. The molecule has 0 saturated carbocycles. The van der Waals surface area contributed by atoms with Gasteiger partial charge < -0.3 is 5.73 Å². The van der Waals surface area contributed by atoms with Gasteiger partial charge in [-0.3, -0.25) is 4.68 Å². The van der Waals surface area contributed by atoms with E-state index in [1.807, 2.05) is 41.3 Å². The topological polar surface area (TPSA) is 43.8 Å². The van der Waals surface area contributed by atoms with E-state index in [2.05, 4.69) is 12.0 Å². The maximum Gasteiger partial charge on any atom is 0.0541 e. The lowest BCUT2D eigenvalue weighted by atomic mass is 10.2. The maximum atomic E-state index is 6.14. The van der Waals surface area contributed by atoms with Crippen molar-refractivity contribution in [2.75, 3.05) is 5.75 Å². The number of benzene rings is 1. The van der Waals surface area contributed by atoms with E-state index >= 15 is 0 Å². The highest BCUT2D eigenvalue weighted by atomic mass is 35.5. The first kappa shape index (κ1) is 13.5. The van der Waals surface area contributed by atoms with E-state index in [-0.39, 0.29) is 6.04 Å². The van der Waals surface area contributed by atoms with Crippen molar-refractivity contribution in [2.45, 2.75) is 24.4 Å². The van der Waals surface area contributed by atoms with Gasteiger partial charge in [0.15, 0.2) is 0 Å². The molecule has 0 radical (unpaired) electrons. The molecule has 0 amide bonds. The fourth-order valence-corrected chi connectivity index (χ4v) is 2.81. The van der Waals surface area contributed by atoms with E-state index in [4.69, 9.17) is 17.3 Å². The zero-order chi connectivity index (χ0) is 13.0. The summed E-state index contributed by atoms with van der Waals surface area (Å²) in [5.74, 6) is 0.791. The average Bonchev–Trinajstić information content (AvgIpc) is 2.86. The second kappa shape index (κ2) is 6.27. The van der Waals surface area contributed by atoms with E-state index in [0.717, 1.165) is 27.8 Å². The molecule has 0 aliphatic rings. The van der Waals surface area contributed by atoms with Gasteiger partial charge in [0.2, 0.25) is 0 Å². The van der Waals surface area contributed by atoms with Crippen LogP contribution in [0.5, 0.6) is 0 Å². The molecule has 2 N–H and O–H groups in total. The van der Waals surface area contributed by atoms with E-state index in [9.17, 15) is 0 Å². The van der Waals surface area contributed by atoms with Crippen molar-refractivity contribution < 1.29 is 0 Å². The number of halogens is 1. The van der Waals surface area contributed by atoms with Crippen LogP contribution < -0.4 is 5.73 Å².